The number of aliphatic hydroxyl groups is 3. The number of amides is 2. The summed E-state index contributed by atoms with van der Waals surface area (Å²) in [5, 5.41) is 50.7. The molecule has 8 N–H and O–H groups in total. The second-order valence-corrected chi connectivity index (χ2v) is 11.1. The highest BCUT2D eigenvalue weighted by Crippen LogP contribution is 2.54. The van der Waals surface area contributed by atoms with E-state index in [1.165, 1.54) is 4.90 Å². The number of primary amides is 1. The number of Topliss-reactive ketones (excluding diaryl/α,β-unsaturated/α-hetero) is 2. The lowest BCUT2D eigenvalue weighted by Crippen LogP contribution is -2.66. The number of hydrogen-bond donors (Lipinski definition) is 7. The van der Waals surface area contributed by atoms with Gasteiger partial charge in [-0.25, -0.2) is 4.39 Å². The standard InChI is InChI=1S/C28H33FN4O8/c1-4-6-31-14-9-12-18(29)11-7-10-8-13-20(33(3)5-2)23(36)17(26(30)39)25(38)28(13,41)24(37)15(10)21(34)16(11)22(35)19(12)32-27(14)40/h10,13-14,20,31,34-35,38,41H,4-9H2,1-3H3,(H2,30,39)(H,32,40)/t10-,13-,14?,20-,28?/m0/s1. The van der Waals surface area contributed by atoms with Gasteiger partial charge in [0.2, 0.25) is 11.7 Å². The van der Waals surface area contributed by atoms with Gasteiger partial charge in [0.25, 0.3) is 5.91 Å². The number of phenols is 1. The zero-order chi connectivity index (χ0) is 30.1. The van der Waals surface area contributed by atoms with Crippen LogP contribution in [0.5, 0.6) is 5.75 Å². The number of aliphatic hydroxyl groups excluding tert-OH is 2. The van der Waals surface area contributed by atoms with Gasteiger partial charge in [-0.05, 0) is 45.3 Å². The third kappa shape index (κ3) is 3.90. The molecule has 5 rings (SSSR count). The number of rotatable bonds is 6. The molecule has 2 amide bonds. The summed E-state index contributed by atoms with van der Waals surface area (Å²) in [5.74, 6) is -9.44. The second kappa shape index (κ2) is 9.93. The molecule has 12 nitrogen and oxygen atoms in total. The van der Waals surface area contributed by atoms with Gasteiger partial charge in [0.1, 0.15) is 22.9 Å². The number of nitrogens with zero attached hydrogens (tertiary/aromatic N) is 1. The van der Waals surface area contributed by atoms with Gasteiger partial charge in [-0.15, -0.1) is 0 Å². The number of aromatic hydroxyl groups is 1. The molecule has 1 aromatic carbocycles. The maximum atomic E-state index is 16.1. The molecule has 0 saturated heterocycles. The predicted molar refractivity (Wildman–Crippen MR) is 143 cm³/mol. The molecule has 0 bridgehead atoms. The summed E-state index contributed by atoms with van der Waals surface area (Å²) in [6, 6.07) is -1.96. The third-order valence-electron chi connectivity index (χ3n) is 8.95. The first-order valence-corrected chi connectivity index (χ1v) is 13.6. The van der Waals surface area contributed by atoms with Crippen LogP contribution in [0.3, 0.4) is 0 Å². The van der Waals surface area contributed by atoms with E-state index in [9.17, 15) is 39.6 Å². The lowest BCUT2D eigenvalue weighted by molar-refractivity contribution is -0.154. The lowest BCUT2D eigenvalue weighted by Gasteiger charge is -2.50. The molecule has 2 unspecified atom stereocenters. The highest BCUT2D eigenvalue weighted by atomic mass is 19.1. The van der Waals surface area contributed by atoms with Crippen LogP contribution >= 0.6 is 0 Å². The summed E-state index contributed by atoms with van der Waals surface area (Å²) in [6.45, 7) is 4.42. The van der Waals surface area contributed by atoms with Crippen molar-refractivity contribution in [3.8, 4) is 5.75 Å². The summed E-state index contributed by atoms with van der Waals surface area (Å²) in [6.07, 6.45) is 0.364. The summed E-state index contributed by atoms with van der Waals surface area (Å²) >= 11 is 0. The molecular weight excluding hydrogens is 539 g/mol. The molecule has 1 aliphatic heterocycles. The van der Waals surface area contributed by atoms with E-state index in [0.717, 1.165) is 6.42 Å². The number of nitrogens with one attached hydrogen (secondary N) is 2. The van der Waals surface area contributed by atoms with E-state index in [2.05, 4.69) is 10.6 Å². The van der Waals surface area contributed by atoms with Crippen LogP contribution in [0.2, 0.25) is 0 Å². The number of carbonyl (C=O) groups excluding carboxylic acids is 4. The van der Waals surface area contributed by atoms with Crippen molar-refractivity contribution in [3.05, 3.63) is 39.4 Å². The molecule has 41 heavy (non-hydrogen) atoms. The number of fused-ring (bicyclic) bond motifs is 4. The number of ketones is 2. The van der Waals surface area contributed by atoms with Gasteiger partial charge >= 0.3 is 0 Å². The fraction of sp³-hybridized carbons (Fsp3) is 0.500. The summed E-state index contributed by atoms with van der Waals surface area (Å²) in [5.41, 5.74) is 0.609. The summed E-state index contributed by atoms with van der Waals surface area (Å²) in [7, 11) is 1.55. The number of carbonyl (C=O) groups is 4. The SMILES string of the molecule is CCCNC1Cc2c(F)c3c(c(O)c2NC1=O)C(O)=C1C(=O)C2(O)C(O)=C(C(N)=O)C(=O)[C@@H](N(C)CC)[C@@H]2C[C@@H]1C3. The topological polar surface area (TPSA) is 203 Å². The Morgan fingerprint density at radius 3 is 2.46 bits per heavy atom. The van der Waals surface area contributed by atoms with Crippen LogP contribution in [0.1, 0.15) is 43.4 Å². The number of likely N-dealkylation sites (N-methyl/N-ethyl adjacent to an activating group) is 1. The number of halogens is 1. The van der Waals surface area contributed by atoms with Gasteiger partial charge in [0.05, 0.1) is 23.3 Å². The Bertz CT molecular complexity index is 1470. The van der Waals surface area contributed by atoms with Crippen LogP contribution in [-0.2, 0) is 32.0 Å². The maximum absolute atomic E-state index is 16.1. The van der Waals surface area contributed by atoms with Gasteiger partial charge < -0.3 is 36.8 Å². The molecule has 0 radical (unpaired) electrons. The molecule has 0 aromatic heterocycles. The molecule has 220 valence electrons. The highest BCUT2D eigenvalue weighted by molar-refractivity contribution is 6.24. The Kier molecular flexibility index (Phi) is 6.95. The maximum Gasteiger partial charge on any atom is 0.255 e. The number of nitrogens with two attached hydrogens (primary N) is 1. The Balaban J connectivity index is 1.68. The van der Waals surface area contributed by atoms with Crippen molar-refractivity contribution < 1.29 is 44.0 Å². The van der Waals surface area contributed by atoms with Crippen molar-refractivity contribution in [3.63, 3.8) is 0 Å². The van der Waals surface area contributed by atoms with E-state index in [1.807, 2.05) is 6.92 Å². The predicted octanol–water partition coefficient (Wildman–Crippen LogP) is 0.356. The number of phenolic OH excluding ortho intramolecular Hbond substituents is 1. The van der Waals surface area contributed by atoms with E-state index in [1.54, 1.807) is 14.0 Å². The zero-order valence-corrected chi connectivity index (χ0v) is 22.9. The van der Waals surface area contributed by atoms with Crippen molar-refractivity contribution in [2.75, 3.05) is 25.5 Å². The van der Waals surface area contributed by atoms with Gasteiger partial charge in [-0.2, -0.15) is 0 Å². The van der Waals surface area contributed by atoms with Gasteiger partial charge in [0.15, 0.2) is 17.1 Å². The molecule has 1 fully saturated rings. The minimum absolute atomic E-state index is 0.0486. The first kappa shape index (κ1) is 28.7. The average Bonchev–Trinajstić information content (AvgIpc) is 2.92. The van der Waals surface area contributed by atoms with Crippen LogP contribution in [0, 0.1) is 17.7 Å². The Labute approximate surface area is 234 Å². The minimum Gasteiger partial charge on any atom is -0.508 e. The molecule has 1 aromatic rings. The van der Waals surface area contributed by atoms with E-state index in [0.29, 0.717) is 6.54 Å². The Morgan fingerprint density at radius 2 is 1.85 bits per heavy atom. The second-order valence-electron chi connectivity index (χ2n) is 11.1. The number of benzene rings is 1. The molecule has 4 aliphatic rings. The molecular formula is C28H33FN4O8. The van der Waals surface area contributed by atoms with Crippen LogP contribution in [-0.4, -0.2) is 86.5 Å². The first-order valence-electron chi connectivity index (χ1n) is 13.6. The van der Waals surface area contributed by atoms with Crippen LogP contribution in [0.4, 0.5) is 10.1 Å². The fourth-order valence-electron chi connectivity index (χ4n) is 6.82. The van der Waals surface area contributed by atoms with Gasteiger partial charge in [-0.3, -0.25) is 24.1 Å². The number of anilines is 1. The van der Waals surface area contributed by atoms with Crippen molar-refractivity contribution in [2.45, 2.75) is 57.2 Å². The normalized spacial score (nSPS) is 29.2. The molecule has 3 aliphatic carbocycles. The van der Waals surface area contributed by atoms with E-state index < -0.39 is 92.7 Å². The van der Waals surface area contributed by atoms with E-state index in [-0.39, 0.29) is 42.6 Å². The van der Waals surface area contributed by atoms with E-state index >= 15 is 4.39 Å². The van der Waals surface area contributed by atoms with Gasteiger partial charge in [0, 0.05) is 29.0 Å². The third-order valence-corrected chi connectivity index (χ3v) is 8.95. The van der Waals surface area contributed by atoms with E-state index in [4.69, 9.17) is 5.73 Å². The number of hydrogen-bond acceptors (Lipinski definition) is 10. The van der Waals surface area contributed by atoms with Crippen LogP contribution in [0.15, 0.2) is 16.9 Å². The average molecular weight is 573 g/mol. The fourth-order valence-corrected chi connectivity index (χ4v) is 6.82. The van der Waals surface area contributed by atoms with Crippen molar-refractivity contribution in [1.29, 1.82) is 0 Å². The van der Waals surface area contributed by atoms with Crippen molar-refractivity contribution >= 4 is 34.8 Å². The highest BCUT2D eigenvalue weighted by Gasteiger charge is 2.64. The molecule has 0 spiro atoms. The van der Waals surface area contributed by atoms with Gasteiger partial charge in [-0.1, -0.05) is 13.8 Å². The molecule has 5 atom stereocenters. The van der Waals surface area contributed by atoms with Crippen molar-refractivity contribution in [1.82, 2.24) is 10.2 Å². The Morgan fingerprint density at radius 1 is 1.17 bits per heavy atom. The monoisotopic (exact) mass is 572 g/mol. The van der Waals surface area contributed by atoms with Crippen LogP contribution in [0.25, 0.3) is 5.76 Å². The smallest absolute Gasteiger partial charge is 0.255 e. The zero-order valence-electron chi connectivity index (χ0n) is 22.9. The first-order chi connectivity index (χ1) is 19.3. The molecule has 13 heteroatoms. The Hall–Kier alpha value is -3.81. The van der Waals surface area contributed by atoms with Crippen LogP contribution < -0.4 is 16.4 Å². The summed E-state index contributed by atoms with van der Waals surface area (Å²) in [4.78, 5) is 53.6. The quantitative estimate of drug-likeness (QED) is 0.184. The lowest BCUT2D eigenvalue weighted by atomic mass is 9.57. The largest absolute Gasteiger partial charge is 0.508 e. The molecule has 1 heterocycles. The molecule has 1 saturated carbocycles. The minimum atomic E-state index is -2.79. The van der Waals surface area contributed by atoms with Crippen molar-refractivity contribution in [2.24, 2.45) is 17.6 Å². The summed E-state index contributed by atoms with van der Waals surface area (Å²) < 4.78 is 16.1.